The Bertz CT molecular complexity index is 358. The first kappa shape index (κ1) is 14.2. The molecule has 1 heteroatoms. The number of aryl methyl sites for hydroxylation is 1. The van der Waals surface area contributed by atoms with Crippen molar-refractivity contribution >= 4 is 0 Å². The summed E-state index contributed by atoms with van der Waals surface area (Å²) >= 11 is 0. The molecule has 1 rings (SSSR count). The van der Waals surface area contributed by atoms with Gasteiger partial charge in [-0.05, 0) is 48.3 Å². The van der Waals surface area contributed by atoms with Crippen molar-refractivity contribution in [2.45, 2.75) is 47.6 Å². The lowest BCUT2D eigenvalue weighted by Gasteiger charge is -2.32. The van der Waals surface area contributed by atoms with Gasteiger partial charge in [0.25, 0.3) is 0 Å². The molecule has 96 valence electrons. The lowest BCUT2D eigenvalue weighted by molar-refractivity contribution is 0.239. The molecule has 0 spiro atoms. The van der Waals surface area contributed by atoms with Crippen LogP contribution in [0.15, 0.2) is 18.2 Å². The van der Waals surface area contributed by atoms with Crippen LogP contribution < -0.4 is 5.73 Å². The zero-order chi connectivity index (χ0) is 13.2. The highest BCUT2D eigenvalue weighted by Gasteiger charge is 2.26. The van der Waals surface area contributed by atoms with Crippen molar-refractivity contribution in [2.24, 2.45) is 23.5 Å². The maximum Gasteiger partial charge on any atom is 0.0331 e. The summed E-state index contributed by atoms with van der Waals surface area (Å²) in [7, 11) is 0. The highest BCUT2D eigenvalue weighted by atomic mass is 14.7. The van der Waals surface area contributed by atoms with E-state index in [0.29, 0.717) is 17.8 Å². The average Bonchev–Trinajstić information content (AvgIpc) is 2.20. The second-order valence-corrected chi connectivity index (χ2v) is 5.88. The van der Waals surface area contributed by atoms with E-state index in [4.69, 9.17) is 5.73 Å². The van der Waals surface area contributed by atoms with Gasteiger partial charge in [-0.2, -0.15) is 0 Å². The summed E-state index contributed by atoms with van der Waals surface area (Å²) in [6, 6.07) is 6.61. The highest BCUT2D eigenvalue weighted by Crippen LogP contribution is 2.34. The van der Waals surface area contributed by atoms with Crippen molar-refractivity contribution < 1.29 is 0 Å². The minimum Gasteiger partial charge on any atom is -0.324 e. The molecule has 0 aromatic heterocycles. The molecule has 0 radical (unpaired) electrons. The van der Waals surface area contributed by atoms with Crippen molar-refractivity contribution in [3.05, 3.63) is 34.9 Å². The summed E-state index contributed by atoms with van der Waals surface area (Å²) in [4.78, 5) is 0. The Morgan fingerprint density at radius 3 is 1.94 bits per heavy atom. The standard InChI is InChI=1S/C16H27N/c1-10(2)15(11(3)4)16(17)14-9-7-8-12(5)13(14)6/h7-11,15-16H,17H2,1-6H3. The van der Waals surface area contributed by atoms with E-state index in [-0.39, 0.29) is 6.04 Å². The zero-order valence-corrected chi connectivity index (χ0v) is 12.1. The van der Waals surface area contributed by atoms with E-state index in [1.807, 2.05) is 0 Å². The van der Waals surface area contributed by atoms with Crippen LogP contribution in [-0.4, -0.2) is 0 Å². The first-order valence-corrected chi connectivity index (χ1v) is 6.68. The summed E-state index contributed by atoms with van der Waals surface area (Å²) in [5, 5.41) is 0. The quantitative estimate of drug-likeness (QED) is 0.827. The van der Waals surface area contributed by atoms with E-state index in [1.54, 1.807) is 0 Å². The Labute approximate surface area is 106 Å². The largest absolute Gasteiger partial charge is 0.324 e. The molecule has 0 aliphatic heterocycles. The number of hydrogen-bond donors (Lipinski definition) is 1. The lowest BCUT2D eigenvalue weighted by Crippen LogP contribution is -2.30. The molecule has 0 saturated carbocycles. The van der Waals surface area contributed by atoms with Gasteiger partial charge < -0.3 is 5.73 Å². The molecule has 0 saturated heterocycles. The number of hydrogen-bond acceptors (Lipinski definition) is 1. The Balaban J connectivity index is 3.09. The van der Waals surface area contributed by atoms with Crippen LogP contribution in [0.2, 0.25) is 0 Å². The molecule has 0 bridgehead atoms. The van der Waals surface area contributed by atoms with Crippen molar-refractivity contribution in [2.75, 3.05) is 0 Å². The van der Waals surface area contributed by atoms with Gasteiger partial charge in [-0.1, -0.05) is 45.9 Å². The predicted octanol–water partition coefficient (Wildman–Crippen LogP) is 4.23. The molecule has 0 aliphatic carbocycles. The molecule has 17 heavy (non-hydrogen) atoms. The topological polar surface area (TPSA) is 26.0 Å². The normalized spacial score (nSPS) is 13.8. The minimum atomic E-state index is 0.148. The van der Waals surface area contributed by atoms with E-state index < -0.39 is 0 Å². The maximum absolute atomic E-state index is 6.51. The third-order valence-electron chi connectivity index (χ3n) is 3.96. The fourth-order valence-corrected chi connectivity index (χ4v) is 2.94. The van der Waals surface area contributed by atoms with Gasteiger partial charge >= 0.3 is 0 Å². The molecular formula is C16H27N. The van der Waals surface area contributed by atoms with Crippen LogP contribution in [0.5, 0.6) is 0 Å². The molecule has 1 atom stereocenters. The van der Waals surface area contributed by atoms with Crippen LogP contribution in [0.25, 0.3) is 0 Å². The molecular weight excluding hydrogens is 206 g/mol. The van der Waals surface area contributed by atoms with Crippen LogP contribution >= 0.6 is 0 Å². The lowest BCUT2D eigenvalue weighted by atomic mass is 9.76. The molecule has 0 heterocycles. The fraction of sp³-hybridized carbons (Fsp3) is 0.625. The predicted molar refractivity (Wildman–Crippen MR) is 76.0 cm³/mol. The monoisotopic (exact) mass is 233 g/mol. The molecule has 1 nitrogen and oxygen atoms in total. The van der Waals surface area contributed by atoms with Crippen molar-refractivity contribution in [3.8, 4) is 0 Å². The summed E-state index contributed by atoms with van der Waals surface area (Å²) in [5.41, 5.74) is 10.5. The molecule has 1 unspecified atom stereocenters. The molecule has 2 N–H and O–H groups in total. The van der Waals surface area contributed by atoms with Gasteiger partial charge in [0.1, 0.15) is 0 Å². The molecule has 1 aromatic carbocycles. The van der Waals surface area contributed by atoms with E-state index in [9.17, 15) is 0 Å². The van der Waals surface area contributed by atoms with Crippen molar-refractivity contribution in [3.63, 3.8) is 0 Å². The second-order valence-electron chi connectivity index (χ2n) is 5.88. The van der Waals surface area contributed by atoms with E-state index >= 15 is 0 Å². The third-order valence-corrected chi connectivity index (χ3v) is 3.96. The molecule has 1 aromatic rings. The fourth-order valence-electron chi connectivity index (χ4n) is 2.94. The number of rotatable bonds is 4. The number of benzene rings is 1. The van der Waals surface area contributed by atoms with Gasteiger partial charge in [0.05, 0.1) is 0 Å². The Morgan fingerprint density at radius 2 is 1.47 bits per heavy atom. The van der Waals surface area contributed by atoms with E-state index in [0.717, 1.165) is 0 Å². The SMILES string of the molecule is Cc1cccc(C(N)C(C(C)C)C(C)C)c1C. The smallest absolute Gasteiger partial charge is 0.0331 e. The van der Waals surface area contributed by atoms with Gasteiger partial charge in [0.2, 0.25) is 0 Å². The summed E-state index contributed by atoms with van der Waals surface area (Å²) in [6.45, 7) is 13.4. The highest BCUT2D eigenvalue weighted by molar-refractivity contribution is 5.35. The van der Waals surface area contributed by atoms with Crippen LogP contribution in [0.3, 0.4) is 0 Å². The second kappa shape index (κ2) is 5.68. The van der Waals surface area contributed by atoms with Crippen molar-refractivity contribution in [1.29, 1.82) is 0 Å². The van der Waals surface area contributed by atoms with Gasteiger partial charge in [0, 0.05) is 6.04 Å². The third kappa shape index (κ3) is 3.10. The van der Waals surface area contributed by atoms with Crippen LogP contribution in [-0.2, 0) is 0 Å². The number of nitrogens with two attached hydrogens (primary N) is 1. The summed E-state index contributed by atoms with van der Waals surface area (Å²) in [6.07, 6.45) is 0. The Kier molecular flexibility index (Phi) is 4.76. The van der Waals surface area contributed by atoms with Crippen LogP contribution in [0.4, 0.5) is 0 Å². The summed E-state index contributed by atoms with van der Waals surface area (Å²) < 4.78 is 0. The van der Waals surface area contributed by atoms with Crippen molar-refractivity contribution in [1.82, 2.24) is 0 Å². The maximum atomic E-state index is 6.51. The van der Waals surface area contributed by atoms with E-state index in [1.165, 1.54) is 16.7 Å². The first-order chi connectivity index (χ1) is 7.86. The van der Waals surface area contributed by atoms with Gasteiger partial charge in [-0.15, -0.1) is 0 Å². The average molecular weight is 233 g/mol. The Hall–Kier alpha value is -0.820. The first-order valence-electron chi connectivity index (χ1n) is 6.68. The zero-order valence-electron chi connectivity index (χ0n) is 12.1. The molecule has 0 fully saturated rings. The van der Waals surface area contributed by atoms with Crippen LogP contribution in [0.1, 0.15) is 50.4 Å². The minimum absolute atomic E-state index is 0.148. The van der Waals surface area contributed by atoms with E-state index in [2.05, 4.69) is 59.7 Å². The van der Waals surface area contributed by atoms with Crippen LogP contribution in [0, 0.1) is 31.6 Å². The summed E-state index contributed by atoms with van der Waals surface area (Å²) in [5.74, 6) is 1.77. The van der Waals surface area contributed by atoms with Gasteiger partial charge in [-0.25, -0.2) is 0 Å². The van der Waals surface area contributed by atoms with Gasteiger partial charge in [0.15, 0.2) is 0 Å². The molecule has 0 aliphatic rings. The molecule has 0 amide bonds. The van der Waals surface area contributed by atoms with Gasteiger partial charge in [-0.3, -0.25) is 0 Å². The Morgan fingerprint density at radius 1 is 0.941 bits per heavy atom.